The summed E-state index contributed by atoms with van der Waals surface area (Å²) in [5.41, 5.74) is -0.0258. The Balaban J connectivity index is 2.91. The molecule has 1 atom stereocenters. The van der Waals surface area contributed by atoms with E-state index in [0.717, 1.165) is 6.07 Å². The lowest BCUT2D eigenvalue weighted by atomic mass is 10.1. The number of rotatable bonds is 6. The van der Waals surface area contributed by atoms with E-state index in [2.05, 4.69) is 5.32 Å². The maximum Gasteiger partial charge on any atom is 0.326 e. The van der Waals surface area contributed by atoms with E-state index >= 15 is 0 Å². The molecule has 96 valence electrons. The van der Waals surface area contributed by atoms with Crippen LogP contribution in [0.1, 0.15) is 12.0 Å². The van der Waals surface area contributed by atoms with E-state index in [9.17, 15) is 9.18 Å². The van der Waals surface area contributed by atoms with E-state index in [1.807, 2.05) is 0 Å². The first-order valence-electron chi connectivity index (χ1n) is 5.27. The molecule has 0 spiro atoms. The highest BCUT2D eigenvalue weighted by Crippen LogP contribution is 2.19. The molecule has 5 nitrogen and oxygen atoms in total. The summed E-state index contributed by atoms with van der Waals surface area (Å²) in [4.78, 5) is 11.0. The molecule has 0 saturated heterocycles. The van der Waals surface area contributed by atoms with Gasteiger partial charge in [0, 0.05) is 20.1 Å². The number of nitrogens with zero attached hydrogens (tertiary/aromatic N) is 1. The number of ether oxygens (including phenoxy) is 1. The summed E-state index contributed by atoms with van der Waals surface area (Å²) < 4.78 is 18.1. The number of hydrogen-bond acceptors (Lipinski definition) is 4. The van der Waals surface area contributed by atoms with Crippen LogP contribution in [0.5, 0.6) is 0 Å². The molecule has 0 bridgehead atoms. The van der Waals surface area contributed by atoms with Gasteiger partial charge in [-0.3, -0.25) is 0 Å². The van der Waals surface area contributed by atoms with Crippen molar-refractivity contribution in [3.8, 4) is 6.07 Å². The summed E-state index contributed by atoms with van der Waals surface area (Å²) in [5, 5.41) is 20.5. The molecule has 0 fully saturated rings. The van der Waals surface area contributed by atoms with Crippen LogP contribution in [0.25, 0.3) is 0 Å². The number of carbonyl (C=O) groups is 1. The number of nitriles is 1. The standard InChI is InChI=1S/C12H13FN2O3/c1-18-6-5-11(12(16)17)15-10-4-2-3-9(13)8(10)7-14/h2-4,11,15H,5-6H2,1H3,(H,16,17). The third-order valence-electron chi connectivity index (χ3n) is 2.36. The van der Waals surface area contributed by atoms with Crippen LogP contribution in [-0.2, 0) is 9.53 Å². The number of anilines is 1. The fourth-order valence-corrected chi connectivity index (χ4v) is 1.44. The summed E-state index contributed by atoms with van der Waals surface area (Å²) in [6, 6.07) is 4.79. The Morgan fingerprint density at radius 3 is 2.94 bits per heavy atom. The lowest BCUT2D eigenvalue weighted by Crippen LogP contribution is -2.30. The van der Waals surface area contributed by atoms with Crippen LogP contribution in [-0.4, -0.2) is 30.8 Å². The Kier molecular flexibility index (Phi) is 5.08. The summed E-state index contributed by atoms with van der Waals surface area (Å²) in [6.45, 7) is 0.251. The van der Waals surface area contributed by atoms with Gasteiger partial charge in [-0.25, -0.2) is 9.18 Å². The van der Waals surface area contributed by atoms with Gasteiger partial charge in [-0.1, -0.05) is 6.07 Å². The lowest BCUT2D eigenvalue weighted by molar-refractivity contribution is -0.138. The molecule has 1 rings (SSSR count). The normalized spacial score (nSPS) is 11.6. The molecule has 2 N–H and O–H groups in total. The Morgan fingerprint density at radius 2 is 2.39 bits per heavy atom. The number of carboxylic acids is 1. The molecular weight excluding hydrogens is 239 g/mol. The first kappa shape index (κ1) is 13.9. The minimum Gasteiger partial charge on any atom is -0.480 e. The first-order chi connectivity index (χ1) is 8.60. The Morgan fingerprint density at radius 1 is 1.67 bits per heavy atom. The Hall–Kier alpha value is -2.13. The minimum atomic E-state index is -1.08. The van der Waals surface area contributed by atoms with Crippen LogP contribution in [0.4, 0.5) is 10.1 Å². The average Bonchev–Trinajstić information content (AvgIpc) is 2.34. The van der Waals surface area contributed by atoms with Crippen molar-refractivity contribution in [3.05, 3.63) is 29.6 Å². The van der Waals surface area contributed by atoms with Gasteiger partial charge in [0.15, 0.2) is 0 Å². The Labute approximate surface area is 104 Å². The van der Waals surface area contributed by atoms with Crippen LogP contribution in [0.3, 0.4) is 0 Å². The molecule has 0 aliphatic carbocycles. The largest absolute Gasteiger partial charge is 0.480 e. The zero-order valence-corrected chi connectivity index (χ0v) is 9.81. The van der Waals surface area contributed by atoms with Gasteiger partial charge in [-0.15, -0.1) is 0 Å². The second-order valence-corrected chi connectivity index (χ2v) is 3.59. The third-order valence-corrected chi connectivity index (χ3v) is 2.36. The van der Waals surface area contributed by atoms with Crippen molar-refractivity contribution in [1.29, 1.82) is 5.26 Å². The molecule has 0 saturated carbocycles. The number of hydrogen-bond donors (Lipinski definition) is 2. The van der Waals surface area contributed by atoms with Gasteiger partial charge < -0.3 is 15.2 Å². The van der Waals surface area contributed by atoms with E-state index < -0.39 is 17.8 Å². The number of nitrogens with one attached hydrogen (secondary N) is 1. The second-order valence-electron chi connectivity index (χ2n) is 3.59. The lowest BCUT2D eigenvalue weighted by Gasteiger charge is -2.16. The van der Waals surface area contributed by atoms with Crippen molar-refractivity contribution in [2.75, 3.05) is 19.0 Å². The molecule has 1 aromatic carbocycles. The number of benzene rings is 1. The third kappa shape index (κ3) is 3.43. The van der Waals surface area contributed by atoms with Crippen molar-refractivity contribution >= 4 is 11.7 Å². The van der Waals surface area contributed by atoms with Crippen LogP contribution < -0.4 is 5.32 Å². The van der Waals surface area contributed by atoms with Crippen molar-refractivity contribution in [2.24, 2.45) is 0 Å². The molecule has 0 aromatic heterocycles. The molecule has 18 heavy (non-hydrogen) atoms. The van der Waals surface area contributed by atoms with Gasteiger partial charge in [-0.2, -0.15) is 5.26 Å². The van der Waals surface area contributed by atoms with Gasteiger partial charge in [-0.05, 0) is 12.1 Å². The van der Waals surface area contributed by atoms with E-state index in [1.165, 1.54) is 19.2 Å². The van der Waals surface area contributed by atoms with Crippen LogP contribution >= 0.6 is 0 Å². The van der Waals surface area contributed by atoms with Crippen molar-refractivity contribution in [1.82, 2.24) is 0 Å². The molecule has 6 heteroatoms. The molecule has 1 unspecified atom stereocenters. The SMILES string of the molecule is COCCC(Nc1cccc(F)c1C#N)C(=O)O. The van der Waals surface area contributed by atoms with E-state index in [-0.39, 0.29) is 24.3 Å². The van der Waals surface area contributed by atoms with Gasteiger partial charge in [0.2, 0.25) is 0 Å². The molecule has 0 aliphatic rings. The van der Waals surface area contributed by atoms with Crippen LogP contribution in [0.2, 0.25) is 0 Å². The molecule has 0 amide bonds. The van der Waals surface area contributed by atoms with Gasteiger partial charge in [0.25, 0.3) is 0 Å². The van der Waals surface area contributed by atoms with Crippen molar-refractivity contribution in [3.63, 3.8) is 0 Å². The van der Waals surface area contributed by atoms with Crippen molar-refractivity contribution in [2.45, 2.75) is 12.5 Å². The highest BCUT2D eigenvalue weighted by atomic mass is 19.1. The fourth-order valence-electron chi connectivity index (χ4n) is 1.44. The number of methoxy groups -OCH3 is 1. The van der Waals surface area contributed by atoms with E-state index in [1.54, 1.807) is 6.07 Å². The topological polar surface area (TPSA) is 82.3 Å². The Bertz CT molecular complexity index is 471. The predicted octanol–water partition coefficient (Wildman–Crippen LogP) is 1.60. The maximum absolute atomic E-state index is 13.3. The predicted molar refractivity (Wildman–Crippen MR) is 62.7 cm³/mol. The van der Waals surface area contributed by atoms with E-state index in [4.69, 9.17) is 15.1 Å². The van der Waals surface area contributed by atoms with Crippen molar-refractivity contribution < 1.29 is 19.0 Å². The monoisotopic (exact) mass is 252 g/mol. The molecule has 0 radical (unpaired) electrons. The molecule has 1 aromatic rings. The van der Waals surface area contributed by atoms with Gasteiger partial charge >= 0.3 is 5.97 Å². The zero-order valence-electron chi connectivity index (χ0n) is 9.81. The number of carboxylic acid groups (broad SMARTS) is 1. The number of aliphatic carboxylic acids is 1. The average molecular weight is 252 g/mol. The highest BCUT2D eigenvalue weighted by Gasteiger charge is 2.19. The molecular formula is C12H13FN2O3. The fraction of sp³-hybridized carbons (Fsp3) is 0.333. The van der Waals surface area contributed by atoms with Gasteiger partial charge in [0.1, 0.15) is 23.5 Å². The van der Waals surface area contributed by atoms with E-state index in [0.29, 0.717) is 0 Å². The minimum absolute atomic E-state index is 0.168. The summed E-state index contributed by atoms with van der Waals surface area (Å²) in [7, 11) is 1.46. The zero-order chi connectivity index (χ0) is 13.5. The highest BCUT2D eigenvalue weighted by molar-refractivity contribution is 5.78. The van der Waals surface area contributed by atoms with Gasteiger partial charge in [0.05, 0.1) is 5.69 Å². The molecule has 0 heterocycles. The maximum atomic E-state index is 13.3. The smallest absolute Gasteiger partial charge is 0.326 e. The number of halogens is 1. The summed E-state index contributed by atoms with van der Waals surface area (Å²) in [6.07, 6.45) is 0.215. The van der Waals surface area contributed by atoms with Crippen LogP contribution in [0.15, 0.2) is 18.2 Å². The second kappa shape index (κ2) is 6.57. The van der Waals surface area contributed by atoms with Crippen LogP contribution in [0, 0.1) is 17.1 Å². The quantitative estimate of drug-likeness (QED) is 0.803. The molecule has 0 aliphatic heterocycles. The first-order valence-corrected chi connectivity index (χ1v) is 5.27. The summed E-state index contributed by atoms with van der Waals surface area (Å²) >= 11 is 0. The summed E-state index contributed by atoms with van der Waals surface area (Å²) in [5.74, 6) is -1.77.